The van der Waals surface area contributed by atoms with Crippen LogP contribution in [0.15, 0.2) is 18.5 Å². The lowest BCUT2D eigenvalue weighted by Gasteiger charge is -2.18. The van der Waals surface area contributed by atoms with E-state index in [4.69, 9.17) is 0 Å². The van der Waals surface area contributed by atoms with E-state index >= 15 is 0 Å². The molecule has 19 heavy (non-hydrogen) atoms. The molecule has 0 radical (unpaired) electrons. The first-order chi connectivity index (χ1) is 8.62. The van der Waals surface area contributed by atoms with Gasteiger partial charge in [-0.2, -0.15) is 13.2 Å². The summed E-state index contributed by atoms with van der Waals surface area (Å²) in [4.78, 5) is 3.49. The van der Waals surface area contributed by atoms with Crippen molar-refractivity contribution in [2.24, 2.45) is 0 Å². The Balaban J connectivity index is 2.67. The summed E-state index contributed by atoms with van der Waals surface area (Å²) in [7, 11) is -1.29. The van der Waals surface area contributed by atoms with E-state index in [-0.39, 0.29) is 18.5 Å². The predicted octanol–water partition coefficient (Wildman–Crippen LogP) is 2.69. The summed E-state index contributed by atoms with van der Waals surface area (Å²) >= 11 is 0. The third-order valence-corrected chi connectivity index (χ3v) is 3.98. The first kappa shape index (κ1) is 16.1. The monoisotopic (exact) mass is 294 g/mol. The topological polar surface area (TPSA) is 42.0 Å². The van der Waals surface area contributed by atoms with Crippen molar-refractivity contribution in [1.29, 1.82) is 0 Å². The fourth-order valence-corrected chi connectivity index (χ4v) is 2.11. The Kier molecular flexibility index (Phi) is 5.09. The Labute approximate surface area is 113 Å². The fraction of sp³-hybridized carbons (Fsp3) is 0.583. The highest BCUT2D eigenvalue weighted by Gasteiger charge is 2.33. The van der Waals surface area contributed by atoms with Gasteiger partial charge in [0.05, 0.1) is 21.3 Å². The lowest BCUT2D eigenvalue weighted by Crippen LogP contribution is -2.34. The largest absolute Gasteiger partial charge is 0.418 e. The Hall–Kier alpha value is -0.950. The zero-order chi connectivity index (χ0) is 14.7. The lowest BCUT2D eigenvalue weighted by molar-refractivity contribution is -0.138. The number of nitrogens with one attached hydrogen (secondary N) is 1. The van der Waals surface area contributed by atoms with Gasteiger partial charge in [0.2, 0.25) is 0 Å². The van der Waals surface area contributed by atoms with Gasteiger partial charge in [-0.3, -0.25) is 4.98 Å². The molecular formula is C12H17F3N2OS. The van der Waals surface area contributed by atoms with Crippen LogP contribution in [0.1, 0.15) is 31.9 Å². The molecule has 0 aromatic carbocycles. The van der Waals surface area contributed by atoms with Crippen LogP contribution in [0.3, 0.4) is 0 Å². The molecule has 0 fully saturated rings. The first-order valence-electron chi connectivity index (χ1n) is 5.78. The van der Waals surface area contributed by atoms with Gasteiger partial charge >= 0.3 is 6.18 Å². The highest BCUT2D eigenvalue weighted by atomic mass is 32.2. The molecule has 0 spiro atoms. The number of halogens is 3. The quantitative estimate of drug-likeness (QED) is 0.927. The molecule has 3 nitrogen and oxygen atoms in total. The predicted molar refractivity (Wildman–Crippen MR) is 68.8 cm³/mol. The van der Waals surface area contributed by atoms with Crippen molar-refractivity contribution in [2.45, 2.75) is 38.1 Å². The van der Waals surface area contributed by atoms with Crippen LogP contribution in [0.5, 0.6) is 0 Å². The summed E-state index contributed by atoms with van der Waals surface area (Å²) in [6, 6.07) is 1.34. The molecule has 7 heteroatoms. The Morgan fingerprint density at radius 1 is 1.32 bits per heavy atom. The summed E-state index contributed by atoms with van der Waals surface area (Å²) in [5, 5.41) is 0. The SMILES string of the molecule is CC(C)(C)S(=O)NCCc1ccncc1C(F)(F)F. The van der Waals surface area contributed by atoms with Crippen molar-refractivity contribution in [2.75, 3.05) is 6.54 Å². The second-order valence-corrected chi connectivity index (χ2v) is 7.11. The molecule has 108 valence electrons. The average Bonchev–Trinajstić information content (AvgIpc) is 2.27. The van der Waals surface area contributed by atoms with E-state index in [0.29, 0.717) is 0 Å². The first-order valence-corrected chi connectivity index (χ1v) is 6.93. The van der Waals surface area contributed by atoms with Crippen molar-refractivity contribution in [3.63, 3.8) is 0 Å². The van der Waals surface area contributed by atoms with Gasteiger partial charge in [0.25, 0.3) is 0 Å². The van der Waals surface area contributed by atoms with Crippen LogP contribution in [-0.2, 0) is 23.6 Å². The van der Waals surface area contributed by atoms with E-state index in [0.717, 1.165) is 6.20 Å². The van der Waals surface area contributed by atoms with Crippen molar-refractivity contribution in [3.8, 4) is 0 Å². The van der Waals surface area contributed by atoms with Crippen molar-refractivity contribution in [3.05, 3.63) is 29.6 Å². The maximum absolute atomic E-state index is 12.7. The molecule has 1 atom stereocenters. The molecule has 0 saturated carbocycles. The van der Waals surface area contributed by atoms with Gasteiger partial charge in [-0.1, -0.05) is 0 Å². The molecule has 0 aliphatic heterocycles. The summed E-state index contributed by atoms with van der Waals surface area (Å²) in [5.74, 6) is 0. The van der Waals surface area contributed by atoms with Gasteiger partial charge in [0.1, 0.15) is 0 Å². The third-order valence-electron chi connectivity index (χ3n) is 2.40. The fourth-order valence-electron chi connectivity index (χ4n) is 1.39. The molecule has 1 aromatic rings. The second-order valence-electron chi connectivity index (χ2n) is 5.06. The van der Waals surface area contributed by atoms with Crippen LogP contribution in [0.25, 0.3) is 0 Å². The van der Waals surface area contributed by atoms with Crippen LogP contribution < -0.4 is 4.72 Å². The number of aromatic nitrogens is 1. The van der Waals surface area contributed by atoms with Crippen LogP contribution in [0, 0.1) is 0 Å². The van der Waals surface area contributed by atoms with Gasteiger partial charge in [-0.15, -0.1) is 0 Å². The van der Waals surface area contributed by atoms with E-state index in [9.17, 15) is 17.4 Å². The molecule has 0 bridgehead atoms. The Morgan fingerprint density at radius 2 is 1.95 bits per heavy atom. The Morgan fingerprint density at radius 3 is 2.47 bits per heavy atom. The minimum Gasteiger partial charge on any atom is -0.264 e. The molecule has 0 aliphatic carbocycles. The van der Waals surface area contributed by atoms with Gasteiger partial charge in [-0.25, -0.2) is 8.93 Å². The molecule has 1 rings (SSSR count). The zero-order valence-electron chi connectivity index (χ0n) is 11.0. The van der Waals surface area contributed by atoms with E-state index < -0.39 is 27.5 Å². The Bertz CT molecular complexity index is 455. The van der Waals surface area contributed by atoms with Crippen molar-refractivity contribution in [1.82, 2.24) is 9.71 Å². The molecular weight excluding hydrogens is 277 g/mol. The van der Waals surface area contributed by atoms with Crippen LogP contribution in [-0.4, -0.2) is 20.5 Å². The van der Waals surface area contributed by atoms with Crippen LogP contribution in [0.4, 0.5) is 13.2 Å². The van der Waals surface area contributed by atoms with E-state index in [1.54, 1.807) is 20.8 Å². The third kappa shape index (κ3) is 4.91. The smallest absolute Gasteiger partial charge is 0.264 e. The normalized spacial score (nSPS) is 14.4. The minimum atomic E-state index is -4.41. The number of alkyl halides is 3. The van der Waals surface area contributed by atoms with E-state index in [2.05, 4.69) is 9.71 Å². The molecule has 1 N–H and O–H groups in total. The molecule has 0 aliphatic rings. The number of hydrogen-bond donors (Lipinski definition) is 1. The van der Waals surface area contributed by atoms with E-state index in [1.165, 1.54) is 12.3 Å². The van der Waals surface area contributed by atoms with Gasteiger partial charge in [0.15, 0.2) is 0 Å². The zero-order valence-corrected chi connectivity index (χ0v) is 11.9. The highest BCUT2D eigenvalue weighted by molar-refractivity contribution is 7.84. The highest BCUT2D eigenvalue weighted by Crippen LogP contribution is 2.31. The summed E-state index contributed by atoms with van der Waals surface area (Å²) in [5.41, 5.74) is -0.584. The molecule has 0 saturated heterocycles. The molecule has 1 heterocycles. The van der Waals surface area contributed by atoms with Gasteiger partial charge in [-0.05, 0) is 38.8 Å². The summed E-state index contributed by atoms with van der Waals surface area (Å²) < 4.78 is 52.1. The van der Waals surface area contributed by atoms with Crippen LogP contribution >= 0.6 is 0 Å². The number of hydrogen-bond acceptors (Lipinski definition) is 2. The van der Waals surface area contributed by atoms with Gasteiger partial charge in [0, 0.05) is 18.9 Å². The maximum Gasteiger partial charge on any atom is 0.418 e. The average molecular weight is 294 g/mol. The molecule has 1 aromatic heterocycles. The lowest BCUT2D eigenvalue weighted by atomic mass is 10.1. The molecule has 1 unspecified atom stereocenters. The molecule has 0 amide bonds. The standard InChI is InChI=1S/C12H17F3N2OS/c1-11(2,3)19(18)17-7-5-9-4-6-16-8-10(9)12(13,14)15/h4,6,8,17H,5,7H2,1-3H3. The number of rotatable bonds is 4. The van der Waals surface area contributed by atoms with Crippen molar-refractivity contribution >= 4 is 11.0 Å². The van der Waals surface area contributed by atoms with E-state index in [1.807, 2.05) is 0 Å². The summed E-state index contributed by atoms with van der Waals surface area (Å²) in [6.45, 7) is 5.61. The number of nitrogens with zero attached hydrogens (tertiary/aromatic N) is 1. The van der Waals surface area contributed by atoms with Crippen LogP contribution in [0.2, 0.25) is 0 Å². The number of pyridine rings is 1. The summed E-state index contributed by atoms with van der Waals surface area (Å²) in [6.07, 6.45) is -2.12. The second kappa shape index (κ2) is 6.00. The van der Waals surface area contributed by atoms with Gasteiger partial charge < -0.3 is 0 Å². The van der Waals surface area contributed by atoms with Crippen molar-refractivity contribution < 1.29 is 17.4 Å². The minimum absolute atomic E-state index is 0.152. The maximum atomic E-state index is 12.7.